The van der Waals surface area contributed by atoms with E-state index in [0.29, 0.717) is 12.5 Å². The lowest BCUT2D eigenvalue weighted by molar-refractivity contribution is -0.122. The van der Waals surface area contributed by atoms with Gasteiger partial charge in [-0.1, -0.05) is 12.8 Å². The second-order valence-electron chi connectivity index (χ2n) is 6.58. The third-order valence-electron chi connectivity index (χ3n) is 4.49. The largest absolute Gasteiger partial charge is 0.352 e. The highest BCUT2D eigenvalue weighted by molar-refractivity contribution is 5.76. The molecule has 2 aliphatic rings. The van der Waals surface area contributed by atoms with Crippen molar-refractivity contribution in [2.24, 2.45) is 0 Å². The van der Waals surface area contributed by atoms with Crippen LogP contribution in [0, 0.1) is 0 Å². The molecule has 5 heteroatoms. The molecule has 0 spiro atoms. The van der Waals surface area contributed by atoms with E-state index in [2.05, 4.69) is 15.2 Å². The number of aromatic nitrogens is 2. The van der Waals surface area contributed by atoms with Crippen LogP contribution in [-0.2, 0) is 24.3 Å². The average molecular weight is 290 g/mol. The van der Waals surface area contributed by atoms with E-state index >= 15 is 0 Å². The Balaban J connectivity index is 1.88. The molecule has 1 aliphatic carbocycles. The molecular formula is C16H26N4O. The van der Waals surface area contributed by atoms with Gasteiger partial charge in [0.1, 0.15) is 12.4 Å². The van der Waals surface area contributed by atoms with Crippen molar-refractivity contribution in [1.82, 2.24) is 20.2 Å². The highest BCUT2D eigenvalue weighted by Crippen LogP contribution is 2.35. The minimum absolute atomic E-state index is 0.1000. The van der Waals surface area contributed by atoms with Gasteiger partial charge in [0.25, 0.3) is 0 Å². The molecule has 0 saturated heterocycles. The number of nitrogens with zero attached hydrogens (tertiary/aromatic N) is 2. The van der Waals surface area contributed by atoms with Crippen molar-refractivity contribution >= 4 is 5.91 Å². The van der Waals surface area contributed by atoms with Crippen LogP contribution in [0.4, 0.5) is 0 Å². The van der Waals surface area contributed by atoms with Gasteiger partial charge in [0.2, 0.25) is 5.91 Å². The number of carbonyl (C=O) groups excluding carboxylic acids is 1. The summed E-state index contributed by atoms with van der Waals surface area (Å²) in [5.41, 5.74) is 2.43. The lowest BCUT2D eigenvalue weighted by Crippen LogP contribution is -2.34. The molecule has 1 aliphatic heterocycles. The van der Waals surface area contributed by atoms with Crippen molar-refractivity contribution in [3.05, 3.63) is 17.2 Å². The van der Waals surface area contributed by atoms with Crippen LogP contribution in [0.25, 0.3) is 0 Å². The van der Waals surface area contributed by atoms with Gasteiger partial charge in [-0.05, 0) is 26.7 Å². The van der Waals surface area contributed by atoms with Crippen molar-refractivity contribution in [2.45, 2.75) is 71.0 Å². The van der Waals surface area contributed by atoms with Crippen molar-refractivity contribution in [3.8, 4) is 0 Å². The van der Waals surface area contributed by atoms with Gasteiger partial charge in [-0.15, -0.1) is 0 Å². The number of amides is 1. The van der Waals surface area contributed by atoms with Crippen LogP contribution in [0.5, 0.6) is 0 Å². The summed E-state index contributed by atoms with van der Waals surface area (Å²) in [5, 5.41) is 6.38. The molecular weight excluding hydrogens is 264 g/mol. The fourth-order valence-electron chi connectivity index (χ4n) is 3.57. The highest BCUT2D eigenvalue weighted by atomic mass is 16.2. The molecule has 5 nitrogen and oxygen atoms in total. The van der Waals surface area contributed by atoms with E-state index in [1.165, 1.54) is 31.4 Å². The summed E-state index contributed by atoms with van der Waals surface area (Å²) in [7, 11) is 0. The predicted octanol–water partition coefficient (Wildman–Crippen LogP) is 1.71. The van der Waals surface area contributed by atoms with Crippen molar-refractivity contribution in [3.63, 3.8) is 0 Å². The molecule has 0 radical (unpaired) electrons. The standard InChI is InChI=1S/C16H26N4O/c1-11(2)18-15(21)10-20-14-7-8-17-9-13(14)19-16(20)12-5-3-4-6-12/h11-12,17H,3-10H2,1-2H3,(H,18,21). The van der Waals surface area contributed by atoms with Gasteiger partial charge in [0.15, 0.2) is 0 Å². The Morgan fingerprint density at radius 1 is 1.43 bits per heavy atom. The Labute approximate surface area is 126 Å². The smallest absolute Gasteiger partial charge is 0.240 e. The highest BCUT2D eigenvalue weighted by Gasteiger charge is 2.27. The Morgan fingerprint density at radius 3 is 2.90 bits per heavy atom. The van der Waals surface area contributed by atoms with E-state index < -0.39 is 0 Å². The quantitative estimate of drug-likeness (QED) is 0.887. The number of carbonyl (C=O) groups is 1. The van der Waals surface area contributed by atoms with Gasteiger partial charge < -0.3 is 15.2 Å². The van der Waals surface area contributed by atoms with Crippen molar-refractivity contribution < 1.29 is 4.79 Å². The van der Waals surface area contributed by atoms with Gasteiger partial charge >= 0.3 is 0 Å². The Kier molecular flexibility index (Phi) is 4.29. The number of rotatable bonds is 4. The Hall–Kier alpha value is -1.36. The Bertz CT molecular complexity index is 515. The Morgan fingerprint density at radius 2 is 2.19 bits per heavy atom. The number of nitrogens with one attached hydrogen (secondary N) is 2. The molecule has 21 heavy (non-hydrogen) atoms. The van der Waals surface area contributed by atoms with Crippen molar-refractivity contribution in [2.75, 3.05) is 6.54 Å². The number of hydrogen-bond acceptors (Lipinski definition) is 3. The van der Waals surface area contributed by atoms with E-state index in [4.69, 9.17) is 4.98 Å². The summed E-state index contributed by atoms with van der Waals surface area (Å²) >= 11 is 0. The molecule has 1 fully saturated rings. The molecule has 0 unspecified atom stereocenters. The summed E-state index contributed by atoms with van der Waals surface area (Å²) in [6.07, 6.45) is 5.99. The second kappa shape index (κ2) is 6.18. The van der Waals surface area contributed by atoms with Crippen LogP contribution in [0.1, 0.15) is 62.7 Å². The zero-order valence-corrected chi connectivity index (χ0v) is 13.1. The summed E-state index contributed by atoms with van der Waals surface area (Å²) < 4.78 is 2.21. The predicted molar refractivity (Wildman–Crippen MR) is 82.1 cm³/mol. The van der Waals surface area contributed by atoms with Gasteiger partial charge in [-0.3, -0.25) is 4.79 Å². The summed E-state index contributed by atoms with van der Waals surface area (Å²) in [6, 6.07) is 0.188. The number of hydrogen-bond donors (Lipinski definition) is 2. The van der Waals surface area contributed by atoms with E-state index in [1.54, 1.807) is 0 Å². The molecule has 1 aromatic rings. The SMILES string of the molecule is CC(C)NC(=O)Cn1c(C2CCCC2)nc2c1CCNC2. The zero-order valence-electron chi connectivity index (χ0n) is 13.1. The van der Waals surface area contributed by atoms with Crippen LogP contribution < -0.4 is 10.6 Å². The molecule has 3 rings (SSSR count). The third kappa shape index (κ3) is 3.12. The maximum atomic E-state index is 12.2. The van der Waals surface area contributed by atoms with E-state index in [9.17, 15) is 4.79 Å². The minimum atomic E-state index is 0.1000. The number of fused-ring (bicyclic) bond motifs is 1. The van der Waals surface area contributed by atoms with E-state index in [1.807, 2.05) is 13.8 Å². The first-order chi connectivity index (χ1) is 10.1. The first kappa shape index (κ1) is 14.6. The molecule has 1 amide bonds. The first-order valence-corrected chi connectivity index (χ1v) is 8.23. The molecule has 2 heterocycles. The summed E-state index contributed by atoms with van der Waals surface area (Å²) in [6.45, 7) is 6.25. The molecule has 2 N–H and O–H groups in total. The molecule has 1 saturated carbocycles. The third-order valence-corrected chi connectivity index (χ3v) is 4.49. The van der Waals surface area contributed by atoms with Crippen LogP contribution in [0.15, 0.2) is 0 Å². The van der Waals surface area contributed by atoms with Gasteiger partial charge in [0.05, 0.1) is 5.69 Å². The lowest BCUT2D eigenvalue weighted by atomic mass is 10.1. The van der Waals surface area contributed by atoms with E-state index in [-0.39, 0.29) is 11.9 Å². The van der Waals surface area contributed by atoms with Crippen LogP contribution >= 0.6 is 0 Å². The van der Waals surface area contributed by atoms with Crippen LogP contribution in [0.3, 0.4) is 0 Å². The summed E-state index contributed by atoms with van der Waals surface area (Å²) in [4.78, 5) is 17.1. The molecule has 0 bridgehead atoms. The zero-order chi connectivity index (χ0) is 14.8. The molecule has 0 aromatic carbocycles. The molecule has 116 valence electrons. The number of imidazole rings is 1. The van der Waals surface area contributed by atoms with Crippen LogP contribution in [-0.4, -0.2) is 28.0 Å². The molecule has 0 atom stereocenters. The maximum absolute atomic E-state index is 12.2. The van der Waals surface area contributed by atoms with Gasteiger partial charge in [-0.2, -0.15) is 0 Å². The maximum Gasteiger partial charge on any atom is 0.240 e. The second-order valence-corrected chi connectivity index (χ2v) is 6.58. The van der Waals surface area contributed by atoms with E-state index in [0.717, 1.165) is 31.0 Å². The normalized spacial score (nSPS) is 19.0. The fraction of sp³-hybridized carbons (Fsp3) is 0.750. The van der Waals surface area contributed by atoms with Crippen LogP contribution in [0.2, 0.25) is 0 Å². The van der Waals surface area contributed by atoms with Gasteiger partial charge in [0, 0.05) is 37.2 Å². The summed E-state index contributed by atoms with van der Waals surface area (Å²) in [5.74, 6) is 1.80. The molecule has 1 aromatic heterocycles. The van der Waals surface area contributed by atoms with Crippen molar-refractivity contribution in [1.29, 1.82) is 0 Å². The fourth-order valence-corrected chi connectivity index (χ4v) is 3.57. The topological polar surface area (TPSA) is 59.0 Å². The monoisotopic (exact) mass is 290 g/mol. The first-order valence-electron chi connectivity index (χ1n) is 8.23. The average Bonchev–Trinajstić information content (AvgIpc) is 3.06. The minimum Gasteiger partial charge on any atom is -0.352 e. The lowest BCUT2D eigenvalue weighted by Gasteiger charge is -2.18. The van der Waals surface area contributed by atoms with Gasteiger partial charge in [-0.25, -0.2) is 4.98 Å².